The first-order chi connectivity index (χ1) is 8.54. The standard InChI is InChI=1S/C13H11N3O2/c1-6-3-8-5-10-11(12(17)16-13(18)15-10)14-9(8)4-7(6)2/h3-4H,5H2,1-2H3,(H,16,17,18). The van der Waals surface area contributed by atoms with Crippen molar-refractivity contribution in [2.75, 3.05) is 0 Å². The number of aryl methyl sites for hydroxylation is 2. The lowest BCUT2D eigenvalue weighted by Crippen LogP contribution is -2.45. The third kappa shape index (κ3) is 1.55. The average Bonchev–Trinajstić information content (AvgIpc) is 2.29. The Labute approximate surface area is 104 Å². The predicted octanol–water partition coefficient (Wildman–Crippen LogP) is 1.62. The van der Waals surface area contributed by atoms with Gasteiger partial charge in [-0.25, -0.2) is 9.79 Å². The zero-order valence-corrected chi connectivity index (χ0v) is 10.1. The number of imide groups is 1. The number of aliphatic imine (C=N–C) groups is 2. The summed E-state index contributed by atoms with van der Waals surface area (Å²) in [6.07, 6.45) is 0.481. The van der Waals surface area contributed by atoms with Gasteiger partial charge in [-0.1, -0.05) is 6.07 Å². The second kappa shape index (κ2) is 3.60. The largest absolute Gasteiger partial charge is 0.348 e. The Bertz CT molecular complexity index is 656. The zero-order chi connectivity index (χ0) is 12.9. The summed E-state index contributed by atoms with van der Waals surface area (Å²) < 4.78 is 0. The number of hydrogen-bond donors (Lipinski definition) is 1. The van der Waals surface area contributed by atoms with E-state index in [4.69, 9.17) is 0 Å². The molecular weight excluding hydrogens is 230 g/mol. The molecule has 5 heteroatoms. The van der Waals surface area contributed by atoms with E-state index < -0.39 is 11.9 Å². The minimum Gasteiger partial charge on any atom is -0.271 e. The molecule has 0 saturated carbocycles. The molecule has 2 aliphatic rings. The van der Waals surface area contributed by atoms with Crippen LogP contribution in [0.25, 0.3) is 0 Å². The van der Waals surface area contributed by atoms with Crippen LogP contribution in [0.2, 0.25) is 0 Å². The van der Waals surface area contributed by atoms with Crippen molar-refractivity contribution in [2.24, 2.45) is 9.98 Å². The van der Waals surface area contributed by atoms with E-state index in [1.165, 1.54) is 5.56 Å². The maximum atomic E-state index is 11.7. The van der Waals surface area contributed by atoms with E-state index in [2.05, 4.69) is 15.3 Å². The van der Waals surface area contributed by atoms with E-state index in [-0.39, 0.29) is 5.71 Å². The van der Waals surface area contributed by atoms with Crippen molar-refractivity contribution < 1.29 is 9.59 Å². The van der Waals surface area contributed by atoms with Gasteiger partial charge in [0.1, 0.15) is 0 Å². The highest BCUT2D eigenvalue weighted by Crippen LogP contribution is 2.28. The Hall–Kier alpha value is -2.30. The van der Waals surface area contributed by atoms with Gasteiger partial charge in [0.2, 0.25) is 0 Å². The average molecular weight is 241 g/mol. The summed E-state index contributed by atoms with van der Waals surface area (Å²) in [5, 5.41) is 2.14. The molecule has 2 heterocycles. The number of fused-ring (bicyclic) bond motifs is 2. The summed E-state index contributed by atoms with van der Waals surface area (Å²) in [5.41, 5.74) is 4.80. The van der Waals surface area contributed by atoms with Gasteiger partial charge in [0.05, 0.1) is 11.4 Å². The molecular formula is C13H11N3O2. The highest BCUT2D eigenvalue weighted by atomic mass is 16.2. The smallest absolute Gasteiger partial charge is 0.271 e. The maximum Gasteiger partial charge on any atom is 0.348 e. The van der Waals surface area contributed by atoms with Crippen molar-refractivity contribution in [1.29, 1.82) is 0 Å². The molecule has 0 radical (unpaired) electrons. The first-order valence-electron chi connectivity index (χ1n) is 5.66. The van der Waals surface area contributed by atoms with Crippen molar-refractivity contribution in [1.82, 2.24) is 5.32 Å². The van der Waals surface area contributed by atoms with Crippen LogP contribution in [0.15, 0.2) is 22.1 Å². The lowest BCUT2D eigenvalue weighted by atomic mass is 9.95. The lowest BCUT2D eigenvalue weighted by molar-refractivity contribution is -0.113. The number of carbonyl (C=O) groups excluding carboxylic acids is 2. The Balaban J connectivity index is 2.19. The molecule has 3 rings (SSSR count). The van der Waals surface area contributed by atoms with E-state index in [0.717, 1.165) is 16.8 Å². The fourth-order valence-corrected chi connectivity index (χ4v) is 2.14. The van der Waals surface area contributed by atoms with Crippen molar-refractivity contribution >= 4 is 29.0 Å². The second-order valence-corrected chi connectivity index (χ2v) is 4.52. The number of nitrogens with zero attached hydrogens (tertiary/aromatic N) is 2. The van der Waals surface area contributed by atoms with Gasteiger partial charge < -0.3 is 0 Å². The van der Waals surface area contributed by atoms with Gasteiger partial charge in [0, 0.05) is 6.42 Å². The zero-order valence-electron chi connectivity index (χ0n) is 10.1. The van der Waals surface area contributed by atoms with Gasteiger partial charge in [0.25, 0.3) is 5.91 Å². The van der Waals surface area contributed by atoms with Gasteiger partial charge >= 0.3 is 6.03 Å². The van der Waals surface area contributed by atoms with Gasteiger partial charge in [-0.3, -0.25) is 10.1 Å². The normalized spacial score (nSPS) is 17.4. The Morgan fingerprint density at radius 1 is 1.11 bits per heavy atom. The van der Waals surface area contributed by atoms with Crippen LogP contribution in [-0.4, -0.2) is 23.4 Å². The topological polar surface area (TPSA) is 70.9 Å². The first kappa shape index (κ1) is 10.8. The molecule has 0 aliphatic carbocycles. The predicted molar refractivity (Wildman–Crippen MR) is 67.7 cm³/mol. The summed E-state index contributed by atoms with van der Waals surface area (Å²) in [6, 6.07) is 3.38. The van der Waals surface area contributed by atoms with Crippen LogP contribution in [0.5, 0.6) is 0 Å². The molecule has 0 spiro atoms. The summed E-state index contributed by atoms with van der Waals surface area (Å²) in [6.45, 7) is 4.03. The lowest BCUT2D eigenvalue weighted by Gasteiger charge is -2.20. The molecule has 0 unspecified atom stereocenters. The van der Waals surface area contributed by atoms with Crippen LogP contribution in [0.4, 0.5) is 10.5 Å². The quantitative estimate of drug-likeness (QED) is 0.749. The van der Waals surface area contributed by atoms with E-state index in [1.54, 1.807) is 0 Å². The molecule has 0 aromatic heterocycles. The van der Waals surface area contributed by atoms with Gasteiger partial charge in [-0.15, -0.1) is 0 Å². The van der Waals surface area contributed by atoms with Crippen LogP contribution >= 0.6 is 0 Å². The second-order valence-electron chi connectivity index (χ2n) is 4.52. The Kier molecular flexibility index (Phi) is 2.16. The number of rotatable bonds is 0. The van der Waals surface area contributed by atoms with Crippen molar-refractivity contribution in [3.63, 3.8) is 0 Å². The van der Waals surface area contributed by atoms with Gasteiger partial charge in [-0.05, 0) is 36.6 Å². The van der Waals surface area contributed by atoms with Crippen LogP contribution in [0, 0.1) is 13.8 Å². The molecule has 18 heavy (non-hydrogen) atoms. The Morgan fingerprint density at radius 3 is 2.61 bits per heavy atom. The highest BCUT2D eigenvalue weighted by Gasteiger charge is 2.30. The van der Waals surface area contributed by atoms with Crippen LogP contribution < -0.4 is 5.32 Å². The summed E-state index contributed by atoms with van der Waals surface area (Å²) in [7, 11) is 0. The van der Waals surface area contributed by atoms with Crippen LogP contribution in [0.3, 0.4) is 0 Å². The monoisotopic (exact) mass is 241 g/mol. The van der Waals surface area contributed by atoms with E-state index >= 15 is 0 Å². The third-order valence-electron chi connectivity index (χ3n) is 3.23. The minimum absolute atomic E-state index is 0.255. The molecule has 2 aliphatic heterocycles. The van der Waals surface area contributed by atoms with Crippen molar-refractivity contribution in [3.8, 4) is 0 Å². The van der Waals surface area contributed by atoms with E-state index in [1.807, 2.05) is 26.0 Å². The molecule has 0 saturated heterocycles. The molecule has 1 aromatic carbocycles. The fraction of sp³-hybridized carbons (Fsp3) is 0.231. The number of benzene rings is 1. The van der Waals surface area contributed by atoms with Crippen molar-refractivity contribution in [3.05, 3.63) is 28.8 Å². The summed E-state index contributed by atoms with van der Waals surface area (Å²) in [5.74, 6) is -0.464. The third-order valence-corrected chi connectivity index (χ3v) is 3.23. The fourth-order valence-electron chi connectivity index (χ4n) is 2.14. The molecule has 0 atom stereocenters. The van der Waals surface area contributed by atoms with Gasteiger partial charge in [0.15, 0.2) is 5.71 Å². The first-order valence-corrected chi connectivity index (χ1v) is 5.66. The molecule has 3 amide bonds. The number of nitrogens with one attached hydrogen (secondary N) is 1. The van der Waals surface area contributed by atoms with Crippen LogP contribution in [-0.2, 0) is 11.2 Å². The van der Waals surface area contributed by atoms with E-state index in [0.29, 0.717) is 12.1 Å². The molecule has 1 N–H and O–H groups in total. The van der Waals surface area contributed by atoms with Gasteiger partial charge in [-0.2, -0.15) is 4.99 Å². The number of amides is 3. The number of carbonyl (C=O) groups is 2. The highest BCUT2D eigenvalue weighted by molar-refractivity contribution is 6.70. The SMILES string of the molecule is Cc1cc2c(cc1C)N=C1C(=O)NC(=O)N=C1C2. The van der Waals surface area contributed by atoms with Crippen LogP contribution in [0.1, 0.15) is 16.7 Å². The summed E-state index contributed by atoms with van der Waals surface area (Å²) >= 11 is 0. The number of urea groups is 1. The molecule has 0 fully saturated rings. The molecule has 1 aromatic rings. The minimum atomic E-state index is -0.610. The molecule has 0 bridgehead atoms. The maximum absolute atomic E-state index is 11.7. The number of hydrogen-bond acceptors (Lipinski definition) is 3. The Morgan fingerprint density at radius 2 is 1.83 bits per heavy atom. The molecule has 90 valence electrons. The van der Waals surface area contributed by atoms with E-state index in [9.17, 15) is 9.59 Å². The summed E-state index contributed by atoms with van der Waals surface area (Å²) in [4.78, 5) is 31.0. The van der Waals surface area contributed by atoms with Crippen molar-refractivity contribution in [2.45, 2.75) is 20.3 Å². The molecule has 5 nitrogen and oxygen atoms in total.